The molecule has 0 bridgehead atoms. The van der Waals surface area contributed by atoms with Gasteiger partial charge in [-0.3, -0.25) is 14.5 Å². The van der Waals surface area contributed by atoms with Crippen molar-refractivity contribution in [2.75, 3.05) is 19.7 Å². The molecule has 0 saturated carbocycles. The summed E-state index contributed by atoms with van der Waals surface area (Å²) in [6, 6.07) is 18.2. The first-order valence-electron chi connectivity index (χ1n) is 10.4. The Morgan fingerprint density at radius 2 is 1.83 bits per heavy atom. The van der Waals surface area contributed by atoms with E-state index < -0.39 is 0 Å². The fraction of sp³-hybridized carbons (Fsp3) is 0.348. The number of nitrogens with zero attached hydrogens (tertiary/aromatic N) is 3. The number of rotatable bonds is 6. The molecule has 1 fully saturated rings. The minimum Gasteiger partial charge on any atom is -0.494 e. The Balaban J connectivity index is 1.43. The lowest BCUT2D eigenvalue weighted by atomic mass is 9.89. The molecule has 2 heterocycles. The van der Waals surface area contributed by atoms with E-state index in [4.69, 9.17) is 17.0 Å². The highest BCUT2D eigenvalue weighted by Crippen LogP contribution is 2.28. The zero-order chi connectivity index (χ0) is 20.9. The maximum Gasteiger partial charge on any atom is 0.242 e. The molecule has 6 nitrogen and oxygen atoms in total. The molecule has 7 heteroatoms. The smallest absolute Gasteiger partial charge is 0.242 e. The van der Waals surface area contributed by atoms with Gasteiger partial charge < -0.3 is 9.64 Å². The molecule has 1 amide bonds. The predicted molar refractivity (Wildman–Crippen MR) is 119 cm³/mol. The molecular weight excluding hydrogens is 396 g/mol. The molecule has 1 aromatic heterocycles. The number of benzene rings is 2. The second-order valence-corrected chi connectivity index (χ2v) is 7.85. The van der Waals surface area contributed by atoms with Gasteiger partial charge in [-0.15, -0.1) is 0 Å². The van der Waals surface area contributed by atoms with E-state index in [9.17, 15) is 4.79 Å². The van der Waals surface area contributed by atoms with E-state index in [2.05, 4.69) is 34.5 Å². The number of carbonyl (C=O) groups is 1. The van der Waals surface area contributed by atoms with E-state index in [1.54, 1.807) is 4.57 Å². The third kappa shape index (κ3) is 4.46. The first kappa shape index (κ1) is 20.3. The molecule has 0 aliphatic carbocycles. The minimum absolute atomic E-state index is 0.0752. The summed E-state index contributed by atoms with van der Waals surface area (Å²) >= 11 is 5.39. The number of aromatic nitrogens is 3. The largest absolute Gasteiger partial charge is 0.494 e. The van der Waals surface area contributed by atoms with Crippen molar-refractivity contribution in [1.29, 1.82) is 0 Å². The van der Waals surface area contributed by atoms with Crippen LogP contribution >= 0.6 is 12.2 Å². The van der Waals surface area contributed by atoms with E-state index in [0.29, 0.717) is 23.1 Å². The fourth-order valence-corrected chi connectivity index (χ4v) is 4.17. The van der Waals surface area contributed by atoms with E-state index in [-0.39, 0.29) is 12.5 Å². The molecule has 30 heavy (non-hydrogen) atoms. The molecule has 0 atom stereocenters. The monoisotopic (exact) mass is 422 g/mol. The SMILES string of the molecule is CCOc1ccc(-c2n[nH]c(=S)n2CC(=O)N2CCC(c3ccccc3)CC2)cc1. The lowest BCUT2D eigenvalue weighted by Crippen LogP contribution is -2.39. The summed E-state index contributed by atoms with van der Waals surface area (Å²) in [5.74, 6) is 2.06. The van der Waals surface area contributed by atoms with Crippen molar-refractivity contribution in [3.63, 3.8) is 0 Å². The topological polar surface area (TPSA) is 63.1 Å². The highest BCUT2D eigenvalue weighted by Gasteiger charge is 2.24. The van der Waals surface area contributed by atoms with Crippen LogP contribution in [0.3, 0.4) is 0 Å². The van der Waals surface area contributed by atoms with Gasteiger partial charge in [-0.05, 0) is 67.7 Å². The lowest BCUT2D eigenvalue weighted by Gasteiger charge is -2.32. The number of amides is 1. The Hall–Kier alpha value is -2.93. The number of aromatic amines is 1. The number of hydrogen-bond donors (Lipinski definition) is 1. The molecule has 2 aromatic carbocycles. The van der Waals surface area contributed by atoms with Gasteiger partial charge >= 0.3 is 0 Å². The van der Waals surface area contributed by atoms with E-state index in [1.165, 1.54) is 5.56 Å². The summed E-state index contributed by atoms with van der Waals surface area (Å²) in [6.07, 6.45) is 1.97. The Morgan fingerprint density at radius 3 is 2.50 bits per heavy atom. The quantitative estimate of drug-likeness (QED) is 0.598. The first-order chi connectivity index (χ1) is 14.7. The maximum absolute atomic E-state index is 13.0. The Morgan fingerprint density at radius 1 is 1.13 bits per heavy atom. The Labute approximate surface area is 181 Å². The van der Waals surface area contributed by atoms with Crippen molar-refractivity contribution in [1.82, 2.24) is 19.7 Å². The van der Waals surface area contributed by atoms with Crippen LogP contribution in [0.2, 0.25) is 0 Å². The number of ether oxygens (including phenoxy) is 1. The highest BCUT2D eigenvalue weighted by molar-refractivity contribution is 7.71. The van der Waals surface area contributed by atoms with Gasteiger partial charge in [0.15, 0.2) is 10.6 Å². The van der Waals surface area contributed by atoms with Crippen LogP contribution < -0.4 is 4.74 Å². The molecule has 0 unspecified atom stereocenters. The van der Waals surface area contributed by atoms with Gasteiger partial charge in [-0.2, -0.15) is 5.10 Å². The van der Waals surface area contributed by atoms with Gasteiger partial charge in [0.1, 0.15) is 12.3 Å². The van der Waals surface area contributed by atoms with Gasteiger partial charge in [-0.1, -0.05) is 30.3 Å². The number of likely N-dealkylation sites (tertiary alicyclic amines) is 1. The van der Waals surface area contributed by atoms with Crippen LogP contribution in [-0.4, -0.2) is 45.3 Å². The lowest BCUT2D eigenvalue weighted by molar-refractivity contribution is -0.132. The zero-order valence-corrected chi connectivity index (χ0v) is 17.9. The average Bonchev–Trinajstić information content (AvgIpc) is 3.15. The Bertz CT molecular complexity index is 1040. The van der Waals surface area contributed by atoms with Gasteiger partial charge in [0, 0.05) is 18.7 Å². The number of piperidine rings is 1. The van der Waals surface area contributed by atoms with Crippen molar-refractivity contribution >= 4 is 18.1 Å². The minimum atomic E-state index is 0.0752. The van der Waals surface area contributed by atoms with Crippen LogP contribution in [0.4, 0.5) is 0 Å². The van der Waals surface area contributed by atoms with Crippen LogP contribution in [0.1, 0.15) is 31.2 Å². The Kier molecular flexibility index (Phi) is 6.28. The van der Waals surface area contributed by atoms with Crippen molar-refractivity contribution in [2.24, 2.45) is 0 Å². The van der Waals surface area contributed by atoms with Crippen LogP contribution in [0.5, 0.6) is 5.75 Å². The molecule has 1 N–H and O–H groups in total. The third-order valence-corrected chi connectivity index (χ3v) is 5.91. The zero-order valence-electron chi connectivity index (χ0n) is 17.1. The predicted octanol–water partition coefficient (Wildman–Crippen LogP) is 4.41. The number of hydrogen-bond acceptors (Lipinski definition) is 4. The van der Waals surface area contributed by atoms with E-state index in [1.807, 2.05) is 42.2 Å². The molecule has 0 radical (unpaired) electrons. The molecule has 156 valence electrons. The molecule has 3 aromatic rings. The summed E-state index contributed by atoms with van der Waals surface area (Å²) < 4.78 is 7.73. The van der Waals surface area contributed by atoms with E-state index >= 15 is 0 Å². The molecule has 1 aliphatic heterocycles. The van der Waals surface area contributed by atoms with Crippen LogP contribution in [-0.2, 0) is 11.3 Å². The molecule has 4 rings (SSSR count). The first-order valence-corrected chi connectivity index (χ1v) is 10.8. The molecule has 1 saturated heterocycles. The number of carbonyl (C=O) groups excluding carboxylic acids is 1. The standard InChI is InChI=1S/C23H26N4O2S/c1-2-29-20-10-8-19(9-11-20)22-24-25-23(30)27(22)16-21(28)26-14-12-18(13-15-26)17-6-4-3-5-7-17/h3-11,18H,2,12-16H2,1H3,(H,25,30). The van der Waals surface area contributed by atoms with Crippen molar-refractivity contribution in [3.8, 4) is 17.1 Å². The molecular formula is C23H26N4O2S. The summed E-state index contributed by atoms with van der Waals surface area (Å²) in [5.41, 5.74) is 2.25. The second kappa shape index (κ2) is 9.26. The van der Waals surface area contributed by atoms with Gasteiger partial charge in [0.25, 0.3) is 0 Å². The van der Waals surface area contributed by atoms with Gasteiger partial charge in [0.2, 0.25) is 5.91 Å². The van der Waals surface area contributed by atoms with Gasteiger partial charge in [0.05, 0.1) is 6.61 Å². The fourth-order valence-electron chi connectivity index (χ4n) is 3.97. The molecule has 1 aliphatic rings. The van der Waals surface area contributed by atoms with Crippen LogP contribution in [0.15, 0.2) is 54.6 Å². The van der Waals surface area contributed by atoms with Crippen LogP contribution in [0.25, 0.3) is 11.4 Å². The summed E-state index contributed by atoms with van der Waals surface area (Å²) in [7, 11) is 0. The average molecular weight is 423 g/mol. The normalized spacial score (nSPS) is 14.6. The number of H-pyrrole nitrogens is 1. The number of nitrogens with one attached hydrogen (secondary N) is 1. The summed E-state index contributed by atoms with van der Waals surface area (Å²) in [5, 5.41) is 7.17. The van der Waals surface area contributed by atoms with Crippen LogP contribution in [0, 0.1) is 4.77 Å². The maximum atomic E-state index is 13.0. The second-order valence-electron chi connectivity index (χ2n) is 7.46. The van der Waals surface area contributed by atoms with Crippen molar-refractivity contribution in [3.05, 3.63) is 64.9 Å². The van der Waals surface area contributed by atoms with E-state index in [0.717, 1.165) is 37.2 Å². The van der Waals surface area contributed by atoms with Crippen molar-refractivity contribution in [2.45, 2.75) is 32.2 Å². The summed E-state index contributed by atoms with van der Waals surface area (Å²) in [6.45, 7) is 4.29. The highest BCUT2D eigenvalue weighted by atomic mass is 32.1. The summed E-state index contributed by atoms with van der Waals surface area (Å²) in [4.78, 5) is 14.9. The molecule has 0 spiro atoms. The van der Waals surface area contributed by atoms with Gasteiger partial charge in [-0.25, -0.2) is 0 Å². The van der Waals surface area contributed by atoms with Crippen molar-refractivity contribution < 1.29 is 9.53 Å². The third-order valence-electron chi connectivity index (χ3n) is 5.59.